The van der Waals surface area contributed by atoms with Crippen molar-refractivity contribution < 1.29 is 14.3 Å². The van der Waals surface area contributed by atoms with Crippen molar-refractivity contribution in [2.75, 3.05) is 0 Å². The fourth-order valence-electron chi connectivity index (χ4n) is 4.74. The van der Waals surface area contributed by atoms with Crippen molar-refractivity contribution in [3.8, 4) is 5.75 Å². The van der Waals surface area contributed by atoms with Crippen molar-refractivity contribution in [2.24, 2.45) is 0 Å². The molecule has 1 aliphatic carbocycles. The summed E-state index contributed by atoms with van der Waals surface area (Å²) in [5.41, 5.74) is 0.353. The minimum absolute atomic E-state index is 0.0929. The van der Waals surface area contributed by atoms with Gasteiger partial charge >= 0.3 is 0 Å². The normalized spacial score (nSPS) is 23.5. The van der Waals surface area contributed by atoms with Gasteiger partial charge in [0, 0.05) is 17.5 Å². The highest BCUT2D eigenvalue weighted by Gasteiger charge is 2.50. The average Bonchev–Trinajstić information content (AvgIpc) is 3.39. The van der Waals surface area contributed by atoms with Crippen LogP contribution in [0.25, 0.3) is 0 Å². The lowest BCUT2D eigenvalue weighted by Crippen LogP contribution is -2.58. The molecule has 0 radical (unpaired) electrons. The molecule has 5 nitrogen and oxygen atoms in total. The zero-order chi connectivity index (χ0) is 23.5. The zero-order valence-electron chi connectivity index (χ0n) is 18.5. The van der Waals surface area contributed by atoms with Gasteiger partial charge in [-0.1, -0.05) is 30.2 Å². The van der Waals surface area contributed by atoms with Crippen LogP contribution >= 0.6 is 34.7 Å². The van der Waals surface area contributed by atoms with E-state index in [0.29, 0.717) is 21.4 Å². The Morgan fingerprint density at radius 2 is 1.91 bits per heavy atom. The third-order valence-corrected chi connectivity index (χ3v) is 8.87. The number of Topliss-reactive ketones (excluding diaryl/α,β-unsaturated/α-hetero) is 1. The third kappa shape index (κ3) is 4.61. The zero-order valence-corrected chi connectivity index (χ0v) is 20.9. The van der Waals surface area contributed by atoms with Crippen molar-refractivity contribution in [1.29, 1.82) is 0 Å². The summed E-state index contributed by atoms with van der Waals surface area (Å²) in [7, 11) is 0. The summed E-state index contributed by atoms with van der Waals surface area (Å²) in [5.74, 6) is 0.127. The first-order valence-electron chi connectivity index (χ1n) is 11.5. The van der Waals surface area contributed by atoms with E-state index in [4.69, 9.17) is 16.3 Å². The first-order chi connectivity index (χ1) is 16.6. The second-order valence-electron chi connectivity index (χ2n) is 8.71. The number of rotatable bonds is 6. The quantitative estimate of drug-likeness (QED) is 0.410. The summed E-state index contributed by atoms with van der Waals surface area (Å²) >= 11 is 9.01. The molecule has 3 heterocycles. The minimum Gasteiger partial charge on any atom is -0.488 e. The summed E-state index contributed by atoms with van der Waals surface area (Å²) in [6, 6.07) is 12.9. The van der Waals surface area contributed by atoms with Gasteiger partial charge in [0.2, 0.25) is 5.91 Å². The second kappa shape index (κ2) is 10.1. The van der Waals surface area contributed by atoms with Crippen LogP contribution in [0.15, 0.2) is 64.3 Å². The molecular weight excluding hydrogens is 488 g/mol. The van der Waals surface area contributed by atoms with Gasteiger partial charge in [-0.25, -0.2) is 0 Å². The summed E-state index contributed by atoms with van der Waals surface area (Å²) in [6.45, 7) is 0. The molecule has 3 aromatic rings. The molecule has 1 aromatic carbocycles. The van der Waals surface area contributed by atoms with E-state index in [1.54, 1.807) is 12.3 Å². The van der Waals surface area contributed by atoms with Gasteiger partial charge in [-0.15, -0.1) is 11.8 Å². The van der Waals surface area contributed by atoms with E-state index in [1.165, 1.54) is 29.5 Å². The Bertz CT molecular complexity index is 1160. The average molecular weight is 513 g/mol. The number of halogens is 1. The number of thioether (sulfide) groups is 1. The van der Waals surface area contributed by atoms with Crippen LogP contribution in [0.2, 0.25) is 5.02 Å². The molecule has 8 heteroatoms. The first kappa shape index (κ1) is 23.4. The number of hydrogen-bond donors (Lipinski definition) is 1. The third-order valence-electron chi connectivity index (χ3n) is 6.42. The van der Waals surface area contributed by atoms with E-state index in [9.17, 15) is 9.59 Å². The number of ketones is 1. The maximum absolute atomic E-state index is 13.5. The molecule has 1 saturated carbocycles. The minimum atomic E-state index is -1.07. The Hall–Kier alpha value is -2.35. The van der Waals surface area contributed by atoms with Crippen LogP contribution in [-0.4, -0.2) is 28.0 Å². The number of carbonyl (C=O) groups is 2. The van der Waals surface area contributed by atoms with Gasteiger partial charge in [-0.05, 0) is 72.3 Å². The van der Waals surface area contributed by atoms with E-state index in [-0.39, 0.29) is 24.2 Å². The van der Waals surface area contributed by atoms with E-state index < -0.39 is 10.8 Å². The molecule has 1 amide bonds. The Kier molecular flexibility index (Phi) is 6.95. The summed E-state index contributed by atoms with van der Waals surface area (Å²) in [6.07, 6.45) is 7.43. The molecule has 2 unspecified atom stereocenters. The van der Waals surface area contributed by atoms with Gasteiger partial charge in [0.1, 0.15) is 22.2 Å². The number of benzene rings is 1. The molecular formula is C26H25ClN2O3S2. The highest BCUT2D eigenvalue weighted by molar-refractivity contribution is 8.01. The molecule has 1 N–H and O–H groups in total. The standard InChI is InChI=1S/C26H25ClN2O3S2/c27-19-9-4-5-11-22(19)34-23-20(30)15-26(29-25(23)31,17-12-14-33-16-17)24-21(10-6-13-28-24)32-18-7-2-1-3-8-18/h4-6,9-14,16,18,23H,1-3,7-8,15H2,(H,29,31). The molecule has 2 aliphatic rings. The van der Waals surface area contributed by atoms with Crippen LogP contribution in [0.1, 0.15) is 49.8 Å². The predicted octanol–water partition coefficient (Wildman–Crippen LogP) is 6.00. The van der Waals surface area contributed by atoms with Gasteiger partial charge < -0.3 is 10.1 Å². The van der Waals surface area contributed by atoms with Gasteiger partial charge in [-0.3, -0.25) is 14.6 Å². The van der Waals surface area contributed by atoms with Crippen LogP contribution in [0.3, 0.4) is 0 Å². The van der Waals surface area contributed by atoms with E-state index >= 15 is 0 Å². The maximum Gasteiger partial charge on any atom is 0.242 e. The fraction of sp³-hybridized carbons (Fsp3) is 0.346. The SMILES string of the molecule is O=C1CC(c2ccsc2)(c2ncccc2OC2CCCCC2)NC(=O)C1Sc1ccccc1Cl. The van der Waals surface area contributed by atoms with Gasteiger partial charge in [0.05, 0.1) is 11.1 Å². The Labute approximate surface area is 212 Å². The summed E-state index contributed by atoms with van der Waals surface area (Å²) < 4.78 is 6.43. The van der Waals surface area contributed by atoms with Crippen molar-refractivity contribution in [3.05, 3.63) is 75.7 Å². The largest absolute Gasteiger partial charge is 0.488 e. The van der Waals surface area contributed by atoms with Crippen molar-refractivity contribution in [3.63, 3.8) is 0 Å². The summed E-state index contributed by atoms with van der Waals surface area (Å²) in [4.78, 5) is 32.3. The number of amides is 1. The summed E-state index contributed by atoms with van der Waals surface area (Å²) in [5, 5.41) is 6.75. The first-order valence-corrected chi connectivity index (χ1v) is 13.7. The Balaban J connectivity index is 1.50. The van der Waals surface area contributed by atoms with E-state index in [0.717, 1.165) is 31.2 Å². The van der Waals surface area contributed by atoms with Gasteiger partial charge in [0.25, 0.3) is 0 Å². The number of hydrogen-bond acceptors (Lipinski definition) is 6. The number of nitrogens with one attached hydrogen (secondary N) is 1. The van der Waals surface area contributed by atoms with Crippen molar-refractivity contribution in [2.45, 2.75) is 60.3 Å². The monoisotopic (exact) mass is 512 g/mol. The van der Waals surface area contributed by atoms with Crippen molar-refractivity contribution >= 4 is 46.4 Å². The molecule has 2 aromatic heterocycles. The van der Waals surface area contributed by atoms with Crippen LogP contribution in [0.4, 0.5) is 0 Å². The van der Waals surface area contributed by atoms with Crippen LogP contribution in [-0.2, 0) is 15.1 Å². The van der Waals surface area contributed by atoms with Crippen molar-refractivity contribution in [1.82, 2.24) is 10.3 Å². The van der Waals surface area contributed by atoms with Gasteiger partial charge in [-0.2, -0.15) is 11.3 Å². The van der Waals surface area contributed by atoms with Crippen LogP contribution < -0.4 is 10.1 Å². The lowest BCUT2D eigenvalue weighted by molar-refractivity contribution is -0.133. The number of thiophene rings is 1. The molecule has 0 spiro atoms. The van der Waals surface area contributed by atoms with Crippen LogP contribution in [0.5, 0.6) is 5.75 Å². The number of nitrogens with zero attached hydrogens (tertiary/aromatic N) is 1. The highest BCUT2D eigenvalue weighted by atomic mass is 35.5. The van der Waals surface area contributed by atoms with Crippen LogP contribution in [0, 0.1) is 0 Å². The highest BCUT2D eigenvalue weighted by Crippen LogP contribution is 2.44. The molecule has 176 valence electrons. The lowest BCUT2D eigenvalue weighted by Gasteiger charge is -2.40. The molecule has 1 aliphatic heterocycles. The molecule has 0 bridgehead atoms. The molecule has 1 saturated heterocycles. The number of ether oxygens (including phenoxy) is 1. The fourth-order valence-corrected chi connectivity index (χ4v) is 6.71. The molecule has 2 atom stereocenters. The second-order valence-corrected chi connectivity index (χ2v) is 11.0. The number of pyridine rings is 1. The lowest BCUT2D eigenvalue weighted by atomic mass is 9.79. The predicted molar refractivity (Wildman–Crippen MR) is 136 cm³/mol. The Morgan fingerprint density at radius 1 is 1.09 bits per heavy atom. The smallest absolute Gasteiger partial charge is 0.242 e. The van der Waals surface area contributed by atoms with E-state index in [1.807, 2.05) is 47.2 Å². The maximum atomic E-state index is 13.5. The number of carbonyl (C=O) groups excluding carboxylic acids is 2. The Morgan fingerprint density at radius 3 is 2.65 bits per heavy atom. The number of aromatic nitrogens is 1. The van der Waals surface area contributed by atoms with E-state index in [2.05, 4.69) is 10.3 Å². The molecule has 2 fully saturated rings. The molecule has 5 rings (SSSR count). The van der Waals surface area contributed by atoms with Gasteiger partial charge in [0.15, 0.2) is 5.78 Å². The molecule has 34 heavy (non-hydrogen) atoms. The number of piperidine rings is 1. The topological polar surface area (TPSA) is 68.3 Å².